The number of esters is 1. The number of ether oxygens (including phenoxy) is 1. The van der Waals surface area contributed by atoms with Crippen LogP contribution in [-0.4, -0.2) is 69.4 Å². The lowest BCUT2D eigenvalue weighted by atomic mass is 10.0. The van der Waals surface area contributed by atoms with E-state index < -0.39 is 26.6 Å². The maximum atomic E-state index is 13.5. The van der Waals surface area contributed by atoms with Gasteiger partial charge in [-0.15, -0.1) is 0 Å². The fourth-order valence-electron chi connectivity index (χ4n) is 8.49. The first-order valence-electron chi connectivity index (χ1n) is 30.2. The van der Waals surface area contributed by atoms with E-state index in [1.165, 1.54) is 128 Å². The van der Waals surface area contributed by atoms with E-state index in [4.69, 9.17) is 13.8 Å². The number of allylic oxidation sites excluding steroid dienone is 11. The van der Waals surface area contributed by atoms with Crippen molar-refractivity contribution >= 4 is 19.7 Å². The van der Waals surface area contributed by atoms with Gasteiger partial charge < -0.3 is 28.5 Å². The number of phosphoric acid groups is 1. The number of quaternary nitrogens is 1. The van der Waals surface area contributed by atoms with Gasteiger partial charge in [-0.25, -0.2) is 0 Å². The van der Waals surface area contributed by atoms with Crippen LogP contribution in [-0.2, 0) is 27.9 Å². The lowest BCUT2D eigenvalue weighted by Gasteiger charge is -2.30. The zero-order valence-corrected chi connectivity index (χ0v) is 49.2. The molecule has 73 heavy (non-hydrogen) atoms. The molecule has 424 valence electrons. The van der Waals surface area contributed by atoms with Gasteiger partial charge in [-0.05, 0) is 76.7 Å². The van der Waals surface area contributed by atoms with Crippen molar-refractivity contribution in [3.05, 3.63) is 72.9 Å². The summed E-state index contributed by atoms with van der Waals surface area (Å²) in [6, 6.07) is -0.894. The van der Waals surface area contributed by atoms with Crippen LogP contribution in [0.3, 0.4) is 0 Å². The minimum atomic E-state index is -4.70. The largest absolute Gasteiger partial charge is 0.756 e. The van der Waals surface area contributed by atoms with Gasteiger partial charge in [0.05, 0.1) is 33.8 Å². The number of rotatable bonds is 54. The van der Waals surface area contributed by atoms with Crippen LogP contribution in [0, 0.1) is 0 Å². The summed E-state index contributed by atoms with van der Waals surface area (Å²) < 4.78 is 30.2. The third kappa shape index (κ3) is 54.1. The molecule has 0 aliphatic carbocycles. The number of carbonyl (C=O) groups excluding carboxylic acids is 2. The van der Waals surface area contributed by atoms with Gasteiger partial charge in [0.15, 0.2) is 0 Å². The first kappa shape index (κ1) is 70.5. The van der Waals surface area contributed by atoms with Crippen molar-refractivity contribution in [2.75, 3.05) is 40.9 Å². The molecule has 1 N–H and O–H groups in total. The average molecular weight is 1040 g/mol. The van der Waals surface area contributed by atoms with E-state index in [-0.39, 0.29) is 24.9 Å². The molecule has 0 radical (unpaired) electrons. The molecular weight excluding hydrogens is 928 g/mol. The average Bonchev–Trinajstić information content (AvgIpc) is 3.35. The van der Waals surface area contributed by atoms with Crippen molar-refractivity contribution in [1.82, 2.24) is 5.32 Å². The second kappa shape index (κ2) is 52.9. The minimum absolute atomic E-state index is 0.0260. The van der Waals surface area contributed by atoms with Gasteiger partial charge in [-0.1, -0.05) is 248 Å². The van der Waals surface area contributed by atoms with Crippen molar-refractivity contribution < 1.29 is 37.3 Å². The zero-order valence-electron chi connectivity index (χ0n) is 48.3. The Morgan fingerprint density at radius 1 is 0.493 bits per heavy atom. The van der Waals surface area contributed by atoms with Crippen molar-refractivity contribution in [2.24, 2.45) is 0 Å². The molecule has 10 heteroatoms. The number of likely N-dealkylation sites (N-methyl/N-ethyl adjacent to an activating group) is 1. The first-order valence-corrected chi connectivity index (χ1v) is 31.7. The maximum Gasteiger partial charge on any atom is 0.306 e. The molecule has 0 aliphatic heterocycles. The van der Waals surface area contributed by atoms with Crippen LogP contribution < -0.4 is 10.2 Å². The Kier molecular flexibility index (Phi) is 51.0. The highest BCUT2D eigenvalue weighted by Gasteiger charge is 2.27. The zero-order chi connectivity index (χ0) is 53.6. The maximum absolute atomic E-state index is 13.5. The van der Waals surface area contributed by atoms with Crippen molar-refractivity contribution in [3.8, 4) is 0 Å². The lowest BCUT2D eigenvalue weighted by molar-refractivity contribution is -0.870. The van der Waals surface area contributed by atoms with Gasteiger partial charge in [0.1, 0.15) is 19.3 Å². The molecule has 0 rings (SSSR count). The number of hydrogen-bond donors (Lipinski definition) is 1. The summed E-state index contributed by atoms with van der Waals surface area (Å²) in [6.07, 6.45) is 67.2. The normalized spacial score (nSPS) is 14.2. The predicted octanol–water partition coefficient (Wildman–Crippen LogP) is 17.8. The summed E-state index contributed by atoms with van der Waals surface area (Å²) in [6.45, 7) is 6.72. The molecule has 0 aliphatic rings. The Bertz CT molecular complexity index is 1480. The standard InChI is InChI=1S/C63H115N2O7P/c1-7-10-13-16-19-22-25-27-28-29-30-31-32-33-34-35-36-38-40-43-46-49-52-55-62(66)64-60(59-71-73(68,69)70-58-57-65(4,5)6)61(54-51-48-45-42-39-24-21-18-15-12-9-3)72-63(67)56-53-50-47-44-41-37-26-23-20-17-14-11-8-2/h10,13,19,22,27-28,30-31,33-34,51,54,60-61H,7-9,11-12,14-18,20-21,23-26,29,32,35-50,52-53,55-59H2,1-6H3,(H-,64,66,68,69)/b13-10-,22-19-,28-27-,31-30-,34-33-,54-51-. The molecule has 0 aromatic carbocycles. The molecule has 3 atom stereocenters. The van der Waals surface area contributed by atoms with E-state index in [1.807, 2.05) is 33.3 Å². The Morgan fingerprint density at radius 2 is 0.877 bits per heavy atom. The SMILES string of the molecule is CC/C=C\C/C=C\C/C=C\C/C=C\C/C=C\CCCCCCCCCC(=O)NC(COP(=O)([O-])OCC[N+](C)(C)C)C(/C=C\CCCCCCCCCCC)OC(=O)CCCCCCCCCCCCCCC. The number of amides is 1. The second-order valence-electron chi connectivity index (χ2n) is 21.5. The van der Waals surface area contributed by atoms with E-state index in [9.17, 15) is 19.0 Å². The molecule has 9 nitrogen and oxygen atoms in total. The number of unbranched alkanes of at least 4 members (excludes halogenated alkanes) is 28. The number of hydrogen-bond acceptors (Lipinski definition) is 7. The van der Waals surface area contributed by atoms with Gasteiger partial charge in [0.2, 0.25) is 5.91 Å². The van der Waals surface area contributed by atoms with E-state index in [0.717, 1.165) is 103 Å². The number of carbonyl (C=O) groups is 2. The van der Waals surface area contributed by atoms with E-state index in [0.29, 0.717) is 17.4 Å². The molecule has 3 unspecified atom stereocenters. The molecule has 0 bridgehead atoms. The van der Waals surface area contributed by atoms with Crippen molar-refractivity contribution in [1.29, 1.82) is 0 Å². The van der Waals surface area contributed by atoms with Gasteiger partial charge in [0.25, 0.3) is 7.82 Å². The summed E-state index contributed by atoms with van der Waals surface area (Å²) in [5, 5.41) is 3.02. The van der Waals surface area contributed by atoms with E-state index in [2.05, 4.69) is 86.8 Å². The van der Waals surface area contributed by atoms with E-state index in [1.54, 1.807) is 0 Å². The van der Waals surface area contributed by atoms with Crippen molar-refractivity contribution in [2.45, 2.75) is 277 Å². The van der Waals surface area contributed by atoms with Crippen LogP contribution in [0.5, 0.6) is 0 Å². The van der Waals surface area contributed by atoms with Crippen LogP contribution in [0.25, 0.3) is 0 Å². The van der Waals surface area contributed by atoms with Crippen LogP contribution in [0.15, 0.2) is 72.9 Å². The fourth-order valence-corrected chi connectivity index (χ4v) is 9.21. The summed E-state index contributed by atoms with van der Waals surface area (Å²) in [4.78, 5) is 39.9. The predicted molar refractivity (Wildman–Crippen MR) is 312 cm³/mol. The molecule has 0 heterocycles. The Labute approximate surface area is 451 Å². The highest BCUT2D eigenvalue weighted by Crippen LogP contribution is 2.38. The molecule has 0 spiro atoms. The summed E-state index contributed by atoms with van der Waals surface area (Å²) in [5.41, 5.74) is 0. The molecule has 0 aromatic rings. The smallest absolute Gasteiger partial charge is 0.306 e. The van der Waals surface area contributed by atoms with Crippen LogP contribution >= 0.6 is 7.82 Å². The van der Waals surface area contributed by atoms with Crippen molar-refractivity contribution in [3.63, 3.8) is 0 Å². The topological polar surface area (TPSA) is 114 Å². The third-order valence-electron chi connectivity index (χ3n) is 13.2. The Morgan fingerprint density at radius 3 is 1.32 bits per heavy atom. The lowest BCUT2D eigenvalue weighted by Crippen LogP contribution is -2.47. The van der Waals surface area contributed by atoms with Gasteiger partial charge in [-0.2, -0.15) is 0 Å². The Hall–Kier alpha value is -2.55. The summed E-state index contributed by atoms with van der Waals surface area (Å²) in [7, 11) is 1.17. The molecule has 1 amide bonds. The number of nitrogens with zero attached hydrogens (tertiary/aromatic N) is 1. The quantitative estimate of drug-likeness (QED) is 0.0212. The first-order chi connectivity index (χ1) is 35.4. The van der Waals surface area contributed by atoms with Gasteiger partial charge >= 0.3 is 5.97 Å². The Balaban J connectivity index is 5.20. The molecule has 0 fully saturated rings. The fraction of sp³-hybridized carbons (Fsp3) is 0.778. The highest BCUT2D eigenvalue weighted by molar-refractivity contribution is 7.45. The minimum Gasteiger partial charge on any atom is -0.756 e. The number of nitrogens with one attached hydrogen (secondary N) is 1. The third-order valence-corrected chi connectivity index (χ3v) is 14.1. The van der Waals surface area contributed by atoms with Crippen LogP contribution in [0.1, 0.15) is 265 Å². The number of phosphoric ester groups is 1. The van der Waals surface area contributed by atoms with Crippen LogP contribution in [0.2, 0.25) is 0 Å². The van der Waals surface area contributed by atoms with Crippen LogP contribution in [0.4, 0.5) is 0 Å². The summed E-state index contributed by atoms with van der Waals surface area (Å²) >= 11 is 0. The molecular formula is C63H115N2O7P. The molecule has 0 saturated carbocycles. The molecule has 0 saturated heterocycles. The van der Waals surface area contributed by atoms with Gasteiger partial charge in [0, 0.05) is 12.8 Å². The summed E-state index contributed by atoms with van der Waals surface area (Å²) in [5.74, 6) is -0.551. The highest BCUT2D eigenvalue weighted by atomic mass is 31.2. The second-order valence-corrected chi connectivity index (χ2v) is 22.9. The monoisotopic (exact) mass is 1040 g/mol. The van der Waals surface area contributed by atoms with E-state index >= 15 is 0 Å². The molecule has 0 aromatic heterocycles. The van der Waals surface area contributed by atoms with Gasteiger partial charge in [-0.3, -0.25) is 14.2 Å².